The number of nitrogens with one attached hydrogen (secondary N) is 1. The molecule has 0 atom stereocenters. The van der Waals surface area contributed by atoms with Gasteiger partial charge in [0.15, 0.2) is 0 Å². The molecule has 5 heteroatoms. The minimum absolute atomic E-state index is 0.116. The smallest absolute Gasteiger partial charge is 0.136 e. The standard InChI is InChI=1S/C15H21N5/c1-6-17-13-10(2)12(11-9-16-7-8-18-11)19-14(20-13)15(3,4)5/h7-9H,6H2,1-5H3,(H,17,19,20). The minimum Gasteiger partial charge on any atom is -0.370 e. The number of nitrogens with zero attached hydrogens (tertiary/aromatic N) is 4. The van der Waals surface area contributed by atoms with E-state index in [0.29, 0.717) is 0 Å². The van der Waals surface area contributed by atoms with Crippen molar-refractivity contribution in [3.63, 3.8) is 0 Å². The van der Waals surface area contributed by atoms with E-state index in [1.807, 2.05) is 6.92 Å². The lowest BCUT2D eigenvalue weighted by atomic mass is 9.95. The van der Waals surface area contributed by atoms with Gasteiger partial charge in [-0.25, -0.2) is 9.97 Å². The van der Waals surface area contributed by atoms with Crippen LogP contribution in [0, 0.1) is 6.92 Å². The molecule has 0 spiro atoms. The van der Waals surface area contributed by atoms with Crippen molar-refractivity contribution in [2.24, 2.45) is 0 Å². The lowest BCUT2D eigenvalue weighted by Gasteiger charge is -2.20. The Bertz CT molecular complexity index is 587. The quantitative estimate of drug-likeness (QED) is 0.929. The predicted molar refractivity (Wildman–Crippen MR) is 80.7 cm³/mol. The summed E-state index contributed by atoms with van der Waals surface area (Å²) in [6, 6.07) is 0. The molecule has 0 aromatic carbocycles. The molecule has 0 saturated heterocycles. The van der Waals surface area contributed by atoms with Gasteiger partial charge >= 0.3 is 0 Å². The third kappa shape index (κ3) is 2.92. The van der Waals surface area contributed by atoms with Crippen LogP contribution in [0.2, 0.25) is 0 Å². The van der Waals surface area contributed by atoms with E-state index in [9.17, 15) is 0 Å². The second-order valence-corrected chi connectivity index (χ2v) is 5.74. The summed E-state index contributed by atoms with van der Waals surface area (Å²) in [4.78, 5) is 17.8. The normalized spacial score (nSPS) is 11.4. The van der Waals surface area contributed by atoms with Crippen LogP contribution in [0.1, 0.15) is 39.1 Å². The van der Waals surface area contributed by atoms with Crippen molar-refractivity contribution in [1.29, 1.82) is 0 Å². The summed E-state index contributed by atoms with van der Waals surface area (Å²) in [6.45, 7) is 11.2. The summed E-state index contributed by atoms with van der Waals surface area (Å²) in [5.74, 6) is 1.67. The Balaban J connectivity index is 2.64. The van der Waals surface area contributed by atoms with E-state index in [2.05, 4.69) is 48.0 Å². The largest absolute Gasteiger partial charge is 0.370 e. The van der Waals surface area contributed by atoms with Gasteiger partial charge < -0.3 is 5.32 Å². The van der Waals surface area contributed by atoms with E-state index in [4.69, 9.17) is 4.98 Å². The Morgan fingerprint density at radius 2 is 1.90 bits per heavy atom. The Morgan fingerprint density at radius 1 is 1.15 bits per heavy atom. The van der Waals surface area contributed by atoms with E-state index < -0.39 is 0 Å². The molecule has 106 valence electrons. The summed E-state index contributed by atoms with van der Waals surface area (Å²) < 4.78 is 0. The molecule has 20 heavy (non-hydrogen) atoms. The van der Waals surface area contributed by atoms with E-state index in [1.54, 1.807) is 18.6 Å². The first kappa shape index (κ1) is 14.4. The molecule has 0 aliphatic heterocycles. The molecule has 0 bridgehead atoms. The van der Waals surface area contributed by atoms with Crippen molar-refractivity contribution in [1.82, 2.24) is 19.9 Å². The first-order valence-corrected chi connectivity index (χ1v) is 6.83. The molecule has 0 aliphatic carbocycles. The average molecular weight is 271 g/mol. The third-order valence-corrected chi connectivity index (χ3v) is 2.97. The molecule has 0 radical (unpaired) electrons. The highest BCUT2D eigenvalue weighted by Gasteiger charge is 2.22. The van der Waals surface area contributed by atoms with Gasteiger partial charge in [-0.2, -0.15) is 0 Å². The maximum absolute atomic E-state index is 4.70. The topological polar surface area (TPSA) is 63.6 Å². The molecule has 0 aliphatic rings. The van der Waals surface area contributed by atoms with Crippen LogP contribution in [0.5, 0.6) is 0 Å². The van der Waals surface area contributed by atoms with Crippen LogP contribution in [0.25, 0.3) is 11.4 Å². The zero-order valence-electron chi connectivity index (χ0n) is 12.7. The summed E-state index contributed by atoms with van der Waals surface area (Å²) >= 11 is 0. The van der Waals surface area contributed by atoms with Crippen molar-refractivity contribution in [3.05, 3.63) is 30.0 Å². The minimum atomic E-state index is -0.116. The first-order chi connectivity index (χ1) is 9.43. The van der Waals surface area contributed by atoms with Crippen LogP contribution >= 0.6 is 0 Å². The van der Waals surface area contributed by atoms with Gasteiger partial charge in [0.2, 0.25) is 0 Å². The molecular weight excluding hydrogens is 250 g/mol. The summed E-state index contributed by atoms with van der Waals surface area (Å²) in [5.41, 5.74) is 2.50. The number of hydrogen-bond donors (Lipinski definition) is 1. The monoisotopic (exact) mass is 271 g/mol. The Labute approximate surface area is 119 Å². The highest BCUT2D eigenvalue weighted by atomic mass is 15.0. The van der Waals surface area contributed by atoms with E-state index in [-0.39, 0.29) is 5.41 Å². The number of hydrogen-bond acceptors (Lipinski definition) is 5. The Morgan fingerprint density at radius 3 is 2.45 bits per heavy atom. The van der Waals surface area contributed by atoms with Crippen LogP contribution in [-0.2, 0) is 5.41 Å². The molecule has 2 aromatic heterocycles. The van der Waals surface area contributed by atoms with Crippen molar-refractivity contribution in [2.45, 2.75) is 40.0 Å². The Kier molecular flexibility index (Phi) is 3.97. The van der Waals surface area contributed by atoms with Crippen LogP contribution in [0.3, 0.4) is 0 Å². The molecular formula is C15H21N5. The molecule has 5 nitrogen and oxygen atoms in total. The third-order valence-electron chi connectivity index (χ3n) is 2.97. The summed E-state index contributed by atoms with van der Waals surface area (Å²) in [5, 5.41) is 3.30. The lowest BCUT2D eigenvalue weighted by molar-refractivity contribution is 0.546. The zero-order chi connectivity index (χ0) is 14.8. The van der Waals surface area contributed by atoms with Crippen LogP contribution in [0.4, 0.5) is 5.82 Å². The fourth-order valence-corrected chi connectivity index (χ4v) is 1.86. The second kappa shape index (κ2) is 5.53. The Hall–Kier alpha value is -2.04. The predicted octanol–water partition coefficient (Wildman–Crippen LogP) is 2.97. The van der Waals surface area contributed by atoms with Gasteiger partial charge in [0, 0.05) is 29.9 Å². The van der Waals surface area contributed by atoms with E-state index in [0.717, 1.165) is 35.1 Å². The number of aromatic nitrogens is 4. The molecule has 2 heterocycles. The summed E-state index contributed by atoms with van der Waals surface area (Å²) in [7, 11) is 0. The van der Waals surface area contributed by atoms with E-state index in [1.165, 1.54) is 0 Å². The number of rotatable bonds is 3. The lowest BCUT2D eigenvalue weighted by Crippen LogP contribution is -2.19. The molecule has 2 rings (SSSR count). The molecule has 0 saturated carbocycles. The summed E-state index contributed by atoms with van der Waals surface area (Å²) in [6.07, 6.45) is 5.08. The molecule has 1 N–H and O–H groups in total. The van der Waals surface area contributed by atoms with Gasteiger partial charge in [-0.1, -0.05) is 20.8 Å². The SMILES string of the molecule is CCNc1nc(C(C)(C)C)nc(-c2cnccn2)c1C. The second-order valence-electron chi connectivity index (χ2n) is 5.74. The van der Waals surface area contributed by atoms with Gasteiger partial charge in [-0.05, 0) is 13.8 Å². The van der Waals surface area contributed by atoms with Crippen LogP contribution < -0.4 is 5.32 Å². The van der Waals surface area contributed by atoms with Gasteiger partial charge in [-0.3, -0.25) is 9.97 Å². The van der Waals surface area contributed by atoms with Crippen LogP contribution in [0.15, 0.2) is 18.6 Å². The molecule has 0 unspecified atom stereocenters. The van der Waals surface area contributed by atoms with Gasteiger partial charge in [0.25, 0.3) is 0 Å². The van der Waals surface area contributed by atoms with E-state index >= 15 is 0 Å². The highest BCUT2D eigenvalue weighted by Crippen LogP contribution is 2.28. The molecule has 0 fully saturated rings. The maximum atomic E-state index is 4.70. The zero-order valence-corrected chi connectivity index (χ0v) is 12.7. The first-order valence-electron chi connectivity index (χ1n) is 6.83. The van der Waals surface area contributed by atoms with Crippen molar-refractivity contribution in [3.8, 4) is 11.4 Å². The van der Waals surface area contributed by atoms with Crippen molar-refractivity contribution in [2.75, 3.05) is 11.9 Å². The average Bonchev–Trinajstić information content (AvgIpc) is 2.41. The van der Waals surface area contributed by atoms with Crippen LogP contribution in [-0.4, -0.2) is 26.5 Å². The van der Waals surface area contributed by atoms with Crippen molar-refractivity contribution >= 4 is 5.82 Å². The van der Waals surface area contributed by atoms with Gasteiger partial charge in [-0.15, -0.1) is 0 Å². The molecule has 0 amide bonds. The van der Waals surface area contributed by atoms with Gasteiger partial charge in [0.1, 0.15) is 17.3 Å². The fraction of sp³-hybridized carbons (Fsp3) is 0.467. The van der Waals surface area contributed by atoms with Gasteiger partial charge in [0.05, 0.1) is 11.9 Å². The fourth-order valence-electron chi connectivity index (χ4n) is 1.86. The number of anilines is 1. The maximum Gasteiger partial charge on any atom is 0.136 e. The molecule has 2 aromatic rings. The highest BCUT2D eigenvalue weighted by molar-refractivity contribution is 5.64. The van der Waals surface area contributed by atoms with Crippen molar-refractivity contribution < 1.29 is 0 Å².